The minimum absolute atomic E-state index is 0.237. The van der Waals surface area contributed by atoms with Gasteiger partial charge >= 0.3 is 11.9 Å². The number of aromatic nitrogens is 1. The van der Waals surface area contributed by atoms with Gasteiger partial charge < -0.3 is 20.1 Å². The van der Waals surface area contributed by atoms with E-state index < -0.39 is 11.9 Å². The third-order valence-corrected chi connectivity index (χ3v) is 4.66. The van der Waals surface area contributed by atoms with E-state index in [0.717, 1.165) is 17.0 Å². The highest BCUT2D eigenvalue weighted by Crippen LogP contribution is 2.34. The molecule has 0 saturated carbocycles. The first-order valence-corrected chi connectivity index (χ1v) is 8.41. The van der Waals surface area contributed by atoms with Crippen molar-refractivity contribution in [1.82, 2.24) is 4.98 Å². The van der Waals surface area contributed by atoms with E-state index in [0.29, 0.717) is 21.3 Å². The molecule has 9 heteroatoms. The number of carbonyl (C=O) groups is 2. The average molecular weight is 379 g/mol. The van der Waals surface area contributed by atoms with Gasteiger partial charge in [-0.05, 0) is 43.8 Å². The molecule has 0 saturated heterocycles. The van der Waals surface area contributed by atoms with E-state index in [9.17, 15) is 9.59 Å². The fourth-order valence-electron chi connectivity index (χ4n) is 2.10. The molecule has 0 unspecified atom stereocenters. The molecule has 0 spiro atoms. The van der Waals surface area contributed by atoms with E-state index in [1.165, 1.54) is 14.2 Å². The molecule has 0 bridgehead atoms. The standard InChI is InChI=1S/C16H17N3O4S2/c1-8-6-5-7-10(17-8)18-16(24)19-13-11(14(20)22-3)9(2)12(25-13)15(21)23-4/h5-7H,1-4H3,(H2,17,18,19,24). The van der Waals surface area contributed by atoms with Crippen LogP contribution in [0.4, 0.5) is 10.8 Å². The molecule has 2 N–H and O–H groups in total. The number of carbonyl (C=O) groups excluding carboxylic acids is 2. The highest BCUT2D eigenvalue weighted by molar-refractivity contribution is 7.80. The van der Waals surface area contributed by atoms with Crippen LogP contribution in [-0.2, 0) is 9.47 Å². The molecule has 0 radical (unpaired) electrons. The molecular weight excluding hydrogens is 362 g/mol. The maximum Gasteiger partial charge on any atom is 0.348 e. The molecule has 0 aliphatic rings. The number of esters is 2. The summed E-state index contributed by atoms with van der Waals surface area (Å²) in [5.74, 6) is -0.526. The minimum Gasteiger partial charge on any atom is -0.465 e. The number of ether oxygens (including phenoxy) is 2. The zero-order valence-electron chi connectivity index (χ0n) is 14.1. The first kappa shape index (κ1) is 18.8. The van der Waals surface area contributed by atoms with Crippen molar-refractivity contribution in [2.75, 3.05) is 24.9 Å². The van der Waals surface area contributed by atoms with Crippen LogP contribution in [0.5, 0.6) is 0 Å². The number of hydrogen-bond acceptors (Lipinski definition) is 7. The Morgan fingerprint density at radius 3 is 2.40 bits per heavy atom. The Hall–Kier alpha value is -2.52. The molecule has 0 atom stereocenters. The van der Waals surface area contributed by atoms with Gasteiger partial charge in [-0.1, -0.05) is 6.07 Å². The van der Waals surface area contributed by atoms with Crippen molar-refractivity contribution < 1.29 is 19.1 Å². The molecule has 2 heterocycles. The number of aryl methyl sites for hydroxylation is 1. The van der Waals surface area contributed by atoms with Crippen LogP contribution in [0.25, 0.3) is 0 Å². The second kappa shape index (κ2) is 8.04. The van der Waals surface area contributed by atoms with Crippen LogP contribution in [0, 0.1) is 13.8 Å². The van der Waals surface area contributed by atoms with Crippen molar-refractivity contribution in [1.29, 1.82) is 0 Å². The van der Waals surface area contributed by atoms with Gasteiger partial charge in [-0.25, -0.2) is 14.6 Å². The second-order valence-electron chi connectivity index (χ2n) is 4.99. The van der Waals surface area contributed by atoms with Gasteiger partial charge in [0.25, 0.3) is 0 Å². The molecule has 0 aliphatic carbocycles. The zero-order valence-corrected chi connectivity index (χ0v) is 15.8. The Kier molecular flexibility index (Phi) is 6.05. The predicted molar refractivity (Wildman–Crippen MR) is 101 cm³/mol. The SMILES string of the molecule is COC(=O)c1sc(NC(=S)Nc2cccc(C)n2)c(C(=O)OC)c1C. The van der Waals surface area contributed by atoms with E-state index in [1.54, 1.807) is 13.0 Å². The summed E-state index contributed by atoms with van der Waals surface area (Å²) in [5, 5.41) is 6.49. The predicted octanol–water partition coefficient (Wildman–Crippen LogP) is 3.14. The van der Waals surface area contributed by atoms with E-state index in [1.807, 2.05) is 19.1 Å². The third kappa shape index (κ3) is 4.31. The van der Waals surface area contributed by atoms with Gasteiger partial charge in [-0.2, -0.15) is 0 Å². The molecule has 2 aromatic heterocycles. The van der Waals surface area contributed by atoms with Crippen LogP contribution >= 0.6 is 23.6 Å². The largest absolute Gasteiger partial charge is 0.465 e. The van der Waals surface area contributed by atoms with E-state index >= 15 is 0 Å². The number of methoxy groups -OCH3 is 2. The number of pyridine rings is 1. The van der Waals surface area contributed by atoms with Crippen molar-refractivity contribution in [2.45, 2.75) is 13.8 Å². The number of thiocarbonyl (C=S) groups is 1. The number of hydrogen-bond donors (Lipinski definition) is 2. The summed E-state index contributed by atoms with van der Waals surface area (Å²) in [6.45, 7) is 3.51. The van der Waals surface area contributed by atoms with E-state index in [2.05, 4.69) is 15.6 Å². The van der Waals surface area contributed by atoms with Gasteiger partial charge in [-0.15, -0.1) is 11.3 Å². The Morgan fingerprint density at radius 2 is 1.80 bits per heavy atom. The molecule has 0 aromatic carbocycles. The summed E-state index contributed by atoms with van der Waals surface area (Å²) >= 11 is 6.34. The fraction of sp³-hybridized carbons (Fsp3) is 0.250. The lowest BCUT2D eigenvalue weighted by Crippen LogP contribution is -2.20. The van der Waals surface area contributed by atoms with Crippen LogP contribution in [0.15, 0.2) is 18.2 Å². The highest BCUT2D eigenvalue weighted by atomic mass is 32.1. The smallest absolute Gasteiger partial charge is 0.348 e. The number of nitrogens with one attached hydrogen (secondary N) is 2. The molecule has 25 heavy (non-hydrogen) atoms. The van der Waals surface area contributed by atoms with Gasteiger partial charge in [0, 0.05) is 5.69 Å². The number of rotatable bonds is 4. The molecule has 2 aromatic rings. The first-order chi connectivity index (χ1) is 11.9. The topological polar surface area (TPSA) is 89.5 Å². The Labute approximate surface area is 154 Å². The van der Waals surface area contributed by atoms with Crippen LogP contribution in [0.2, 0.25) is 0 Å². The average Bonchev–Trinajstić information content (AvgIpc) is 2.89. The monoisotopic (exact) mass is 379 g/mol. The van der Waals surface area contributed by atoms with Crippen LogP contribution in [-0.4, -0.2) is 36.3 Å². The number of thiophene rings is 1. The normalized spacial score (nSPS) is 10.1. The van der Waals surface area contributed by atoms with Gasteiger partial charge in [0.2, 0.25) is 0 Å². The van der Waals surface area contributed by atoms with Gasteiger partial charge in [0.1, 0.15) is 15.7 Å². The highest BCUT2D eigenvalue weighted by Gasteiger charge is 2.26. The maximum absolute atomic E-state index is 12.1. The summed E-state index contributed by atoms with van der Waals surface area (Å²) in [6.07, 6.45) is 0. The summed E-state index contributed by atoms with van der Waals surface area (Å²) in [6, 6.07) is 5.47. The maximum atomic E-state index is 12.1. The second-order valence-corrected chi connectivity index (χ2v) is 6.42. The van der Waals surface area contributed by atoms with Crippen LogP contribution in [0.3, 0.4) is 0 Å². The van der Waals surface area contributed by atoms with E-state index in [4.69, 9.17) is 21.7 Å². The number of nitrogens with zero attached hydrogens (tertiary/aromatic N) is 1. The van der Waals surface area contributed by atoms with Gasteiger partial charge in [-0.3, -0.25) is 0 Å². The lowest BCUT2D eigenvalue weighted by molar-refractivity contribution is 0.0601. The summed E-state index contributed by atoms with van der Waals surface area (Å²) < 4.78 is 9.55. The molecule has 132 valence electrons. The molecule has 2 rings (SSSR count). The molecule has 0 aliphatic heterocycles. The Bertz CT molecular complexity index is 833. The van der Waals surface area contributed by atoms with E-state index in [-0.39, 0.29) is 10.7 Å². The molecule has 0 fully saturated rings. The quantitative estimate of drug-likeness (QED) is 0.619. The van der Waals surface area contributed by atoms with Crippen molar-refractivity contribution in [3.8, 4) is 0 Å². The van der Waals surface area contributed by atoms with Crippen molar-refractivity contribution in [2.24, 2.45) is 0 Å². The van der Waals surface area contributed by atoms with Crippen LogP contribution in [0.1, 0.15) is 31.3 Å². The molecular formula is C16H17N3O4S2. The Morgan fingerprint density at radius 1 is 1.12 bits per heavy atom. The molecule has 7 nitrogen and oxygen atoms in total. The summed E-state index contributed by atoms with van der Waals surface area (Å²) in [4.78, 5) is 28.6. The van der Waals surface area contributed by atoms with Gasteiger partial charge in [0.15, 0.2) is 5.11 Å². The minimum atomic E-state index is -0.567. The first-order valence-electron chi connectivity index (χ1n) is 7.19. The van der Waals surface area contributed by atoms with Crippen LogP contribution < -0.4 is 10.6 Å². The Balaban J connectivity index is 2.29. The summed E-state index contributed by atoms with van der Waals surface area (Å²) in [7, 11) is 2.55. The van der Waals surface area contributed by atoms with Crippen molar-refractivity contribution in [3.05, 3.63) is 39.9 Å². The van der Waals surface area contributed by atoms with Crippen molar-refractivity contribution >= 4 is 51.4 Å². The summed E-state index contributed by atoms with van der Waals surface area (Å²) in [5.41, 5.74) is 1.56. The lowest BCUT2D eigenvalue weighted by Gasteiger charge is -2.10. The van der Waals surface area contributed by atoms with Gasteiger partial charge in [0.05, 0.1) is 19.8 Å². The molecule has 0 amide bonds. The zero-order chi connectivity index (χ0) is 18.6. The fourth-order valence-corrected chi connectivity index (χ4v) is 3.49. The van der Waals surface area contributed by atoms with Crippen molar-refractivity contribution in [3.63, 3.8) is 0 Å². The number of anilines is 2. The third-order valence-electron chi connectivity index (χ3n) is 3.26. The lowest BCUT2D eigenvalue weighted by atomic mass is 10.1.